The summed E-state index contributed by atoms with van der Waals surface area (Å²) in [5.41, 5.74) is -0.794. The largest absolute Gasteiger partial charge is 0.492 e. The number of rotatable bonds is 5. The molecular formula is C19H19F3N2O3S. The van der Waals surface area contributed by atoms with Crippen molar-refractivity contribution in [3.05, 3.63) is 54.4 Å². The molecule has 1 aromatic carbocycles. The molecule has 2 fully saturated rings. The standard InChI is InChI=1S/C19H19F3N2O3S/c20-19(21,22)14-3-1-4-16(10-14)27-12-18-13-6-7-15(9-13)24(18)28(25,26)17-5-2-8-23-11-17/h1-5,8,10-11,13,15,18H,6-7,9,12H2/t13-,15-,18+/m1/s1. The zero-order chi connectivity index (χ0) is 19.9. The molecule has 0 unspecified atom stereocenters. The van der Waals surface area contributed by atoms with Gasteiger partial charge in [-0.1, -0.05) is 6.07 Å². The number of benzene rings is 1. The van der Waals surface area contributed by atoms with Crippen LogP contribution in [0.25, 0.3) is 0 Å². The van der Waals surface area contributed by atoms with Gasteiger partial charge in [-0.05, 0) is 55.5 Å². The van der Waals surface area contributed by atoms with Crippen LogP contribution in [0.2, 0.25) is 0 Å². The van der Waals surface area contributed by atoms with Crippen LogP contribution < -0.4 is 4.74 Å². The van der Waals surface area contributed by atoms with E-state index in [1.807, 2.05) is 0 Å². The summed E-state index contributed by atoms with van der Waals surface area (Å²) in [5, 5.41) is 0. The molecule has 0 spiro atoms. The second-order valence-electron chi connectivity index (χ2n) is 7.15. The van der Waals surface area contributed by atoms with Gasteiger partial charge in [0.1, 0.15) is 17.3 Å². The predicted molar refractivity (Wildman–Crippen MR) is 95.1 cm³/mol. The summed E-state index contributed by atoms with van der Waals surface area (Å²) in [6.45, 7) is 0.0158. The van der Waals surface area contributed by atoms with Gasteiger partial charge in [-0.25, -0.2) is 8.42 Å². The fourth-order valence-corrected chi connectivity index (χ4v) is 6.06. The number of piperidine rings is 1. The van der Waals surface area contributed by atoms with Gasteiger partial charge in [0, 0.05) is 18.4 Å². The predicted octanol–water partition coefficient (Wildman–Crippen LogP) is 3.72. The molecule has 1 aromatic heterocycles. The van der Waals surface area contributed by atoms with E-state index < -0.39 is 27.8 Å². The van der Waals surface area contributed by atoms with Crippen molar-refractivity contribution in [3.63, 3.8) is 0 Å². The zero-order valence-corrected chi connectivity index (χ0v) is 15.7. The van der Waals surface area contributed by atoms with Gasteiger partial charge in [0.15, 0.2) is 0 Å². The Labute approximate surface area is 161 Å². The van der Waals surface area contributed by atoms with E-state index in [9.17, 15) is 21.6 Å². The van der Waals surface area contributed by atoms with Gasteiger partial charge >= 0.3 is 6.18 Å². The number of pyridine rings is 1. The first-order valence-corrected chi connectivity index (χ1v) is 10.4. The number of halogens is 3. The lowest BCUT2D eigenvalue weighted by Crippen LogP contribution is -2.47. The Hall–Kier alpha value is -2.13. The molecule has 2 bridgehead atoms. The average Bonchev–Trinajstić information content (AvgIpc) is 3.28. The summed E-state index contributed by atoms with van der Waals surface area (Å²) in [4.78, 5) is 4.01. The molecule has 2 aromatic rings. The van der Waals surface area contributed by atoms with Crippen LogP contribution >= 0.6 is 0 Å². The Morgan fingerprint density at radius 3 is 2.71 bits per heavy atom. The quantitative estimate of drug-likeness (QED) is 0.751. The van der Waals surface area contributed by atoms with E-state index in [1.54, 1.807) is 6.07 Å². The van der Waals surface area contributed by atoms with E-state index in [0.717, 1.165) is 31.4 Å². The number of hydrogen-bond donors (Lipinski definition) is 0. The van der Waals surface area contributed by atoms with E-state index in [2.05, 4.69) is 4.98 Å². The number of hydrogen-bond acceptors (Lipinski definition) is 4. The molecule has 1 aliphatic heterocycles. The third-order valence-corrected chi connectivity index (χ3v) is 7.43. The number of nitrogens with zero attached hydrogens (tertiary/aromatic N) is 2. The summed E-state index contributed by atoms with van der Waals surface area (Å²) < 4.78 is 72.0. The molecule has 0 N–H and O–H groups in total. The van der Waals surface area contributed by atoms with Crippen LogP contribution in [-0.4, -0.2) is 36.4 Å². The van der Waals surface area contributed by atoms with E-state index in [4.69, 9.17) is 4.74 Å². The first kappa shape index (κ1) is 19.2. The minimum atomic E-state index is -4.46. The van der Waals surface area contributed by atoms with E-state index in [-0.39, 0.29) is 29.2 Å². The highest BCUT2D eigenvalue weighted by Crippen LogP contribution is 2.45. The molecular weight excluding hydrogens is 393 g/mol. The van der Waals surface area contributed by atoms with Crippen LogP contribution in [-0.2, 0) is 16.2 Å². The fraction of sp³-hybridized carbons (Fsp3) is 0.421. The smallest absolute Gasteiger partial charge is 0.416 e. The summed E-state index contributed by atoms with van der Waals surface area (Å²) in [5.74, 6) is 0.221. The van der Waals surface area contributed by atoms with Crippen molar-refractivity contribution in [3.8, 4) is 5.75 Å². The molecule has 9 heteroatoms. The first-order valence-electron chi connectivity index (χ1n) is 9.00. The molecule has 2 aliphatic rings. The number of fused-ring (bicyclic) bond motifs is 2. The van der Waals surface area contributed by atoms with Gasteiger partial charge in [0.05, 0.1) is 11.6 Å². The number of alkyl halides is 3. The Morgan fingerprint density at radius 2 is 2.00 bits per heavy atom. The third-order valence-electron chi connectivity index (χ3n) is 5.47. The van der Waals surface area contributed by atoms with Gasteiger partial charge in [0.25, 0.3) is 0 Å². The first-order chi connectivity index (χ1) is 13.3. The molecule has 5 nitrogen and oxygen atoms in total. The minimum absolute atomic E-state index is 0.0158. The summed E-state index contributed by atoms with van der Waals surface area (Å²) in [7, 11) is -3.74. The summed E-state index contributed by atoms with van der Waals surface area (Å²) in [6.07, 6.45) is 0.775. The topological polar surface area (TPSA) is 59.5 Å². The van der Waals surface area contributed by atoms with Gasteiger partial charge < -0.3 is 4.74 Å². The van der Waals surface area contributed by atoms with Gasteiger partial charge in [-0.3, -0.25) is 4.98 Å². The summed E-state index contributed by atoms with van der Waals surface area (Å²) >= 11 is 0. The molecule has 150 valence electrons. The maximum atomic E-state index is 13.1. The second-order valence-corrected chi connectivity index (χ2v) is 9.00. The summed E-state index contributed by atoms with van der Waals surface area (Å²) in [6, 6.07) is 7.19. The van der Waals surface area contributed by atoms with Crippen molar-refractivity contribution in [1.82, 2.24) is 9.29 Å². The lowest BCUT2D eigenvalue weighted by atomic mass is 10.0. The van der Waals surface area contributed by atoms with Gasteiger partial charge in [-0.15, -0.1) is 0 Å². The van der Waals surface area contributed by atoms with Crippen LogP contribution in [0.5, 0.6) is 5.75 Å². The highest BCUT2D eigenvalue weighted by molar-refractivity contribution is 7.89. The SMILES string of the molecule is O=S(=O)(c1cccnc1)N1[C@@H]2CC[C@H](C2)[C@@H]1COc1cccc(C(F)(F)F)c1. The van der Waals surface area contributed by atoms with E-state index >= 15 is 0 Å². The van der Waals surface area contributed by atoms with E-state index in [1.165, 1.54) is 34.9 Å². The molecule has 28 heavy (non-hydrogen) atoms. The van der Waals surface area contributed by atoms with Crippen molar-refractivity contribution in [2.45, 2.75) is 42.4 Å². The highest BCUT2D eigenvalue weighted by atomic mass is 32.2. The highest BCUT2D eigenvalue weighted by Gasteiger charge is 2.51. The minimum Gasteiger partial charge on any atom is -0.492 e. The molecule has 1 saturated heterocycles. The van der Waals surface area contributed by atoms with Crippen LogP contribution in [0.1, 0.15) is 24.8 Å². The third kappa shape index (κ3) is 3.48. The number of sulfonamides is 1. The Balaban J connectivity index is 1.55. The molecule has 0 radical (unpaired) electrons. The molecule has 4 rings (SSSR count). The van der Waals surface area contributed by atoms with Crippen LogP contribution in [0.15, 0.2) is 53.7 Å². The van der Waals surface area contributed by atoms with Crippen molar-refractivity contribution in [2.24, 2.45) is 5.92 Å². The van der Waals surface area contributed by atoms with E-state index in [0.29, 0.717) is 0 Å². The Kier molecular flexibility index (Phi) is 4.83. The monoisotopic (exact) mass is 412 g/mol. The zero-order valence-electron chi connectivity index (χ0n) is 14.8. The van der Waals surface area contributed by atoms with Crippen LogP contribution in [0.3, 0.4) is 0 Å². The normalized spacial score (nSPS) is 25.2. The van der Waals surface area contributed by atoms with Crippen LogP contribution in [0.4, 0.5) is 13.2 Å². The molecule has 2 heterocycles. The van der Waals surface area contributed by atoms with Gasteiger partial charge in [0.2, 0.25) is 10.0 Å². The van der Waals surface area contributed by atoms with Crippen molar-refractivity contribution >= 4 is 10.0 Å². The molecule has 1 aliphatic carbocycles. The maximum Gasteiger partial charge on any atom is 0.416 e. The molecule has 3 atom stereocenters. The Morgan fingerprint density at radius 1 is 1.18 bits per heavy atom. The molecule has 1 saturated carbocycles. The maximum absolute atomic E-state index is 13.1. The van der Waals surface area contributed by atoms with Crippen molar-refractivity contribution in [1.29, 1.82) is 0 Å². The van der Waals surface area contributed by atoms with Gasteiger partial charge in [-0.2, -0.15) is 17.5 Å². The fourth-order valence-electron chi connectivity index (χ4n) is 4.20. The van der Waals surface area contributed by atoms with Crippen molar-refractivity contribution < 1.29 is 26.3 Å². The van der Waals surface area contributed by atoms with Crippen LogP contribution in [0, 0.1) is 5.92 Å². The number of aromatic nitrogens is 1. The Bertz CT molecular complexity index is 950. The lowest BCUT2D eigenvalue weighted by molar-refractivity contribution is -0.137. The second kappa shape index (κ2) is 7.04. The number of ether oxygens (including phenoxy) is 1. The molecule has 0 amide bonds. The average molecular weight is 412 g/mol. The van der Waals surface area contributed by atoms with Crippen molar-refractivity contribution in [2.75, 3.05) is 6.61 Å². The lowest BCUT2D eigenvalue weighted by Gasteiger charge is -2.34.